The molecule has 0 aliphatic heterocycles. The fourth-order valence-electron chi connectivity index (χ4n) is 3.09. The van der Waals surface area contributed by atoms with Crippen LogP contribution in [0.5, 0.6) is 0 Å². The predicted octanol–water partition coefficient (Wildman–Crippen LogP) is 2.39. The average molecular weight is 355 g/mol. The van der Waals surface area contributed by atoms with Crippen LogP contribution in [0.25, 0.3) is 11.0 Å². The summed E-state index contributed by atoms with van der Waals surface area (Å²) in [5, 5.41) is 11.6. The minimum absolute atomic E-state index is 0.0998. The van der Waals surface area contributed by atoms with Crippen LogP contribution in [-0.2, 0) is 7.05 Å². The number of hydrogen-bond acceptors (Lipinski definition) is 6. The zero-order valence-corrected chi connectivity index (χ0v) is 14.6. The maximum absolute atomic E-state index is 13.1. The molecule has 7 nitrogen and oxygen atoms in total. The molecule has 1 aliphatic rings. The SMILES string of the molecule is Cn1ncc2c(N[C@H]3C[C@H](F)C3)nc(NC[C@H](N)c3ccccc3)nc21. The standard InChI is InChI=1S/C18H22FN7/c1-26-17-14(9-22-26)16(23-13-7-12(19)8-13)24-18(25-17)21-10-15(20)11-5-3-2-4-6-11/h2-6,9,12-13,15H,7-8,10,20H2,1H3,(H2,21,23,24,25)/t12-,13-,15-/m0/s1. The highest BCUT2D eigenvalue weighted by molar-refractivity contribution is 5.87. The molecule has 4 N–H and O–H groups in total. The number of nitrogens with zero attached hydrogens (tertiary/aromatic N) is 4. The fraction of sp³-hybridized carbons (Fsp3) is 0.389. The highest BCUT2D eigenvalue weighted by atomic mass is 19.1. The van der Waals surface area contributed by atoms with Crippen molar-refractivity contribution in [2.45, 2.75) is 31.1 Å². The van der Waals surface area contributed by atoms with Gasteiger partial charge < -0.3 is 16.4 Å². The summed E-state index contributed by atoms with van der Waals surface area (Å²) in [6.45, 7) is 0.503. The van der Waals surface area contributed by atoms with Gasteiger partial charge in [-0.1, -0.05) is 30.3 Å². The summed E-state index contributed by atoms with van der Waals surface area (Å²) >= 11 is 0. The van der Waals surface area contributed by atoms with Crippen molar-refractivity contribution >= 4 is 22.8 Å². The molecule has 4 rings (SSSR count). The summed E-state index contributed by atoms with van der Waals surface area (Å²) in [5.74, 6) is 1.15. The first-order valence-corrected chi connectivity index (χ1v) is 8.75. The van der Waals surface area contributed by atoms with Crippen molar-refractivity contribution in [3.05, 3.63) is 42.1 Å². The molecule has 0 radical (unpaired) electrons. The molecule has 136 valence electrons. The third-order valence-electron chi connectivity index (χ3n) is 4.72. The number of halogens is 1. The van der Waals surface area contributed by atoms with Gasteiger partial charge in [-0.3, -0.25) is 4.68 Å². The van der Waals surface area contributed by atoms with E-state index in [1.54, 1.807) is 10.9 Å². The highest BCUT2D eigenvalue weighted by Crippen LogP contribution is 2.29. The molecule has 1 saturated carbocycles. The Hall–Kier alpha value is -2.74. The van der Waals surface area contributed by atoms with Crippen molar-refractivity contribution in [2.24, 2.45) is 12.8 Å². The van der Waals surface area contributed by atoms with Crippen LogP contribution in [0.1, 0.15) is 24.4 Å². The molecule has 26 heavy (non-hydrogen) atoms. The summed E-state index contributed by atoms with van der Waals surface area (Å²) in [5.41, 5.74) is 8.00. The number of benzene rings is 1. The molecule has 8 heteroatoms. The Morgan fingerprint density at radius 2 is 2.04 bits per heavy atom. The fourth-order valence-corrected chi connectivity index (χ4v) is 3.09. The van der Waals surface area contributed by atoms with Gasteiger partial charge in [0.05, 0.1) is 11.6 Å². The van der Waals surface area contributed by atoms with Crippen molar-refractivity contribution < 1.29 is 4.39 Å². The predicted molar refractivity (Wildman–Crippen MR) is 99.7 cm³/mol. The van der Waals surface area contributed by atoms with Gasteiger partial charge in [0.25, 0.3) is 0 Å². The summed E-state index contributed by atoms with van der Waals surface area (Å²) < 4.78 is 14.8. The first-order chi connectivity index (χ1) is 12.6. The van der Waals surface area contributed by atoms with E-state index in [2.05, 4.69) is 25.7 Å². The summed E-state index contributed by atoms with van der Waals surface area (Å²) in [6, 6.07) is 9.81. The largest absolute Gasteiger partial charge is 0.366 e. The number of rotatable bonds is 6. The summed E-state index contributed by atoms with van der Waals surface area (Å²) in [6.07, 6.45) is 2.02. The van der Waals surface area contributed by atoms with Crippen LogP contribution in [0.15, 0.2) is 36.5 Å². The zero-order chi connectivity index (χ0) is 18.1. The molecule has 0 spiro atoms. The van der Waals surface area contributed by atoms with Crippen LogP contribution in [0, 0.1) is 0 Å². The molecule has 1 aliphatic carbocycles. The number of fused-ring (bicyclic) bond motifs is 1. The molecule has 3 aromatic rings. The van der Waals surface area contributed by atoms with Gasteiger partial charge >= 0.3 is 0 Å². The molecule has 0 saturated heterocycles. The van der Waals surface area contributed by atoms with Gasteiger partial charge in [0.15, 0.2) is 5.65 Å². The molecule has 2 heterocycles. The topological polar surface area (TPSA) is 93.7 Å². The van der Waals surface area contributed by atoms with Crippen molar-refractivity contribution in [1.29, 1.82) is 0 Å². The number of aryl methyl sites for hydroxylation is 1. The van der Waals surface area contributed by atoms with Gasteiger partial charge in [0.2, 0.25) is 5.95 Å². The van der Waals surface area contributed by atoms with Crippen molar-refractivity contribution in [3.8, 4) is 0 Å². The molecular weight excluding hydrogens is 333 g/mol. The lowest BCUT2D eigenvalue weighted by Gasteiger charge is -2.30. The van der Waals surface area contributed by atoms with Crippen LogP contribution >= 0.6 is 0 Å². The number of aromatic nitrogens is 4. The van der Waals surface area contributed by atoms with Gasteiger partial charge in [-0.15, -0.1) is 0 Å². The summed E-state index contributed by atoms with van der Waals surface area (Å²) in [7, 11) is 1.83. The van der Waals surface area contributed by atoms with Crippen LogP contribution in [-0.4, -0.2) is 38.5 Å². The first kappa shape index (κ1) is 16.7. The van der Waals surface area contributed by atoms with Crippen molar-refractivity contribution in [2.75, 3.05) is 17.2 Å². The third kappa shape index (κ3) is 3.32. The Morgan fingerprint density at radius 1 is 1.27 bits per heavy atom. The van der Waals surface area contributed by atoms with E-state index in [4.69, 9.17) is 5.73 Å². The Kier molecular flexibility index (Phi) is 4.42. The van der Waals surface area contributed by atoms with E-state index in [9.17, 15) is 4.39 Å². The lowest BCUT2D eigenvalue weighted by Crippen LogP contribution is -2.37. The number of hydrogen-bond donors (Lipinski definition) is 3. The van der Waals surface area contributed by atoms with E-state index in [-0.39, 0.29) is 12.1 Å². The van der Waals surface area contributed by atoms with Crippen molar-refractivity contribution in [3.63, 3.8) is 0 Å². The van der Waals surface area contributed by atoms with E-state index in [1.165, 1.54) is 0 Å². The highest BCUT2D eigenvalue weighted by Gasteiger charge is 2.29. The maximum atomic E-state index is 13.1. The smallest absolute Gasteiger partial charge is 0.226 e. The lowest BCUT2D eigenvalue weighted by atomic mass is 9.91. The quantitative estimate of drug-likeness (QED) is 0.629. The number of nitrogens with two attached hydrogens (primary N) is 1. The van der Waals surface area contributed by atoms with Gasteiger partial charge in [0.1, 0.15) is 12.0 Å². The van der Waals surface area contributed by atoms with E-state index in [0.717, 1.165) is 16.6 Å². The Bertz CT molecular complexity index is 889. The summed E-state index contributed by atoms with van der Waals surface area (Å²) in [4.78, 5) is 9.10. The van der Waals surface area contributed by atoms with Gasteiger partial charge in [-0.25, -0.2) is 4.39 Å². The monoisotopic (exact) mass is 355 g/mol. The minimum atomic E-state index is -0.722. The normalized spacial score (nSPS) is 20.6. The second-order valence-electron chi connectivity index (χ2n) is 6.71. The average Bonchev–Trinajstić information content (AvgIpc) is 3.00. The van der Waals surface area contributed by atoms with E-state index in [0.29, 0.717) is 31.2 Å². The third-order valence-corrected chi connectivity index (χ3v) is 4.72. The van der Waals surface area contributed by atoms with Crippen LogP contribution in [0.4, 0.5) is 16.2 Å². The number of nitrogens with one attached hydrogen (secondary N) is 2. The maximum Gasteiger partial charge on any atom is 0.226 e. The second kappa shape index (κ2) is 6.87. The van der Waals surface area contributed by atoms with Crippen molar-refractivity contribution in [1.82, 2.24) is 19.7 Å². The lowest BCUT2D eigenvalue weighted by molar-refractivity contribution is 0.192. The van der Waals surface area contributed by atoms with Crippen LogP contribution in [0.3, 0.4) is 0 Å². The molecule has 0 bridgehead atoms. The first-order valence-electron chi connectivity index (χ1n) is 8.75. The van der Waals surface area contributed by atoms with E-state index < -0.39 is 6.17 Å². The van der Waals surface area contributed by atoms with Crippen LogP contribution < -0.4 is 16.4 Å². The second-order valence-corrected chi connectivity index (χ2v) is 6.71. The minimum Gasteiger partial charge on any atom is -0.366 e. The van der Waals surface area contributed by atoms with Gasteiger partial charge in [-0.2, -0.15) is 15.1 Å². The molecule has 1 atom stereocenters. The van der Waals surface area contributed by atoms with E-state index >= 15 is 0 Å². The molecule has 1 fully saturated rings. The Labute approximate surface area is 150 Å². The number of alkyl halides is 1. The van der Waals surface area contributed by atoms with Gasteiger partial charge in [0, 0.05) is 25.7 Å². The van der Waals surface area contributed by atoms with Crippen LogP contribution in [0.2, 0.25) is 0 Å². The van der Waals surface area contributed by atoms with E-state index in [1.807, 2.05) is 37.4 Å². The van der Waals surface area contributed by atoms with Gasteiger partial charge in [-0.05, 0) is 18.4 Å². The molecule has 0 amide bonds. The molecule has 1 aromatic carbocycles. The molecule has 0 unspecified atom stereocenters. The Balaban J connectivity index is 1.53. The molecule has 2 aromatic heterocycles. The number of anilines is 2. The molecular formula is C18H22FN7. The Morgan fingerprint density at radius 3 is 2.77 bits per heavy atom. The zero-order valence-electron chi connectivity index (χ0n) is 14.6.